The number of carbonyl (C=O) groups is 1. The number of ether oxygens (including phenoxy) is 1. The third-order valence-corrected chi connectivity index (χ3v) is 3.08. The quantitative estimate of drug-likeness (QED) is 0.656. The average molecular weight is 296 g/mol. The summed E-state index contributed by atoms with van der Waals surface area (Å²) in [6, 6.07) is 17.0. The number of amides is 1. The fourth-order valence-corrected chi connectivity index (χ4v) is 2.01. The van der Waals surface area contributed by atoms with Gasteiger partial charge in [0.1, 0.15) is 5.75 Å². The monoisotopic (exact) mass is 296 g/mol. The molecule has 0 aliphatic carbocycles. The molecular formula is C18H20N2O2. The Morgan fingerprint density at radius 1 is 1.09 bits per heavy atom. The molecule has 1 amide bonds. The number of hydrogen-bond acceptors (Lipinski definition) is 3. The maximum atomic E-state index is 12.0. The highest BCUT2D eigenvalue weighted by Crippen LogP contribution is 2.12. The van der Waals surface area contributed by atoms with Gasteiger partial charge in [-0.05, 0) is 43.7 Å². The van der Waals surface area contributed by atoms with Crippen molar-refractivity contribution in [1.82, 2.24) is 5.43 Å². The average Bonchev–Trinajstić information content (AvgIpc) is 2.54. The molecule has 114 valence electrons. The smallest absolute Gasteiger partial charge is 0.271 e. The van der Waals surface area contributed by atoms with Gasteiger partial charge in [-0.15, -0.1) is 0 Å². The Balaban J connectivity index is 1.92. The Hall–Kier alpha value is -2.62. The molecule has 0 saturated carbocycles. The van der Waals surface area contributed by atoms with Gasteiger partial charge in [-0.2, -0.15) is 5.10 Å². The van der Waals surface area contributed by atoms with E-state index in [1.165, 1.54) is 5.56 Å². The number of hydrogen-bond donors (Lipinski definition) is 1. The van der Waals surface area contributed by atoms with E-state index in [1.54, 1.807) is 24.3 Å². The van der Waals surface area contributed by atoms with Crippen LogP contribution in [0.25, 0.3) is 0 Å². The topological polar surface area (TPSA) is 50.7 Å². The third kappa shape index (κ3) is 4.74. The number of nitrogens with one attached hydrogen (secondary N) is 1. The summed E-state index contributed by atoms with van der Waals surface area (Å²) in [5.74, 6) is 0.526. The molecule has 22 heavy (non-hydrogen) atoms. The zero-order chi connectivity index (χ0) is 15.8. The van der Waals surface area contributed by atoms with E-state index in [0.29, 0.717) is 18.6 Å². The Bertz CT molecular complexity index is 634. The fourth-order valence-electron chi connectivity index (χ4n) is 2.01. The SMILES string of the molecule is CCOc1ccc(C(=O)N/N=C(\C)Cc2ccccc2)cc1. The molecule has 2 aromatic carbocycles. The first-order chi connectivity index (χ1) is 10.7. The molecule has 0 heterocycles. The van der Waals surface area contributed by atoms with Crippen LogP contribution in [0, 0.1) is 0 Å². The van der Waals surface area contributed by atoms with Crippen molar-refractivity contribution < 1.29 is 9.53 Å². The molecule has 1 N–H and O–H groups in total. The van der Waals surface area contributed by atoms with Crippen LogP contribution in [0.5, 0.6) is 5.75 Å². The molecule has 0 aliphatic rings. The fraction of sp³-hybridized carbons (Fsp3) is 0.222. The minimum Gasteiger partial charge on any atom is -0.494 e. The van der Waals surface area contributed by atoms with Crippen molar-refractivity contribution in [1.29, 1.82) is 0 Å². The maximum absolute atomic E-state index is 12.0. The molecule has 0 saturated heterocycles. The molecule has 2 rings (SSSR count). The van der Waals surface area contributed by atoms with Crippen LogP contribution in [0.4, 0.5) is 0 Å². The maximum Gasteiger partial charge on any atom is 0.271 e. The molecule has 0 atom stereocenters. The van der Waals surface area contributed by atoms with Crippen molar-refractivity contribution in [2.45, 2.75) is 20.3 Å². The second kappa shape index (κ2) is 7.98. The summed E-state index contributed by atoms with van der Waals surface area (Å²) in [4.78, 5) is 12.0. The van der Waals surface area contributed by atoms with Gasteiger partial charge in [0, 0.05) is 17.7 Å². The van der Waals surface area contributed by atoms with Gasteiger partial charge in [0.2, 0.25) is 0 Å². The van der Waals surface area contributed by atoms with E-state index < -0.39 is 0 Å². The molecule has 0 spiro atoms. The predicted octanol–water partition coefficient (Wildman–Crippen LogP) is 3.43. The first-order valence-electron chi connectivity index (χ1n) is 7.29. The van der Waals surface area contributed by atoms with Gasteiger partial charge in [0.25, 0.3) is 5.91 Å². The molecule has 0 aromatic heterocycles. The standard InChI is InChI=1S/C18H20N2O2/c1-3-22-17-11-9-16(10-12-17)18(21)20-19-14(2)13-15-7-5-4-6-8-15/h4-12H,3,13H2,1-2H3,(H,20,21)/b19-14+. The van der Waals surface area contributed by atoms with Crippen molar-refractivity contribution in [2.75, 3.05) is 6.61 Å². The highest BCUT2D eigenvalue weighted by atomic mass is 16.5. The van der Waals surface area contributed by atoms with Gasteiger partial charge in [0.05, 0.1) is 6.61 Å². The van der Waals surface area contributed by atoms with Crippen LogP contribution in [0.3, 0.4) is 0 Å². The molecule has 4 nitrogen and oxygen atoms in total. The van der Waals surface area contributed by atoms with Gasteiger partial charge < -0.3 is 4.74 Å². The second-order valence-electron chi connectivity index (χ2n) is 4.91. The summed E-state index contributed by atoms with van der Waals surface area (Å²) in [7, 11) is 0. The number of rotatable bonds is 6. The van der Waals surface area contributed by atoms with Crippen LogP contribution in [0.15, 0.2) is 59.7 Å². The van der Waals surface area contributed by atoms with E-state index in [-0.39, 0.29) is 5.91 Å². The molecule has 0 unspecified atom stereocenters. The second-order valence-corrected chi connectivity index (χ2v) is 4.91. The third-order valence-electron chi connectivity index (χ3n) is 3.08. The van der Waals surface area contributed by atoms with Crippen molar-refractivity contribution >= 4 is 11.6 Å². The van der Waals surface area contributed by atoms with E-state index in [9.17, 15) is 4.79 Å². The molecule has 0 radical (unpaired) electrons. The number of carbonyl (C=O) groups excluding carboxylic acids is 1. The lowest BCUT2D eigenvalue weighted by Gasteiger charge is -2.05. The summed E-state index contributed by atoms with van der Waals surface area (Å²) in [6.45, 7) is 4.42. The lowest BCUT2D eigenvalue weighted by atomic mass is 10.1. The van der Waals surface area contributed by atoms with Crippen molar-refractivity contribution in [3.05, 3.63) is 65.7 Å². The van der Waals surface area contributed by atoms with Crippen LogP contribution in [-0.2, 0) is 6.42 Å². The zero-order valence-electron chi connectivity index (χ0n) is 12.9. The lowest BCUT2D eigenvalue weighted by Crippen LogP contribution is -2.19. The Labute approximate surface area is 130 Å². The van der Waals surface area contributed by atoms with Gasteiger partial charge in [-0.25, -0.2) is 5.43 Å². The van der Waals surface area contributed by atoms with Gasteiger partial charge in [-0.1, -0.05) is 30.3 Å². The Morgan fingerprint density at radius 2 is 1.77 bits per heavy atom. The van der Waals surface area contributed by atoms with E-state index in [4.69, 9.17) is 4.74 Å². The van der Waals surface area contributed by atoms with Crippen LogP contribution in [0.2, 0.25) is 0 Å². The van der Waals surface area contributed by atoms with Crippen molar-refractivity contribution in [3.63, 3.8) is 0 Å². The van der Waals surface area contributed by atoms with E-state index in [1.807, 2.05) is 44.2 Å². The Morgan fingerprint density at radius 3 is 2.41 bits per heavy atom. The van der Waals surface area contributed by atoms with E-state index >= 15 is 0 Å². The molecular weight excluding hydrogens is 276 g/mol. The van der Waals surface area contributed by atoms with E-state index in [2.05, 4.69) is 10.5 Å². The molecule has 2 aromatic rings. The minimum atomic E-state index is -0.226. The van der Waals surface area contributed by atoms with Crippen LogP contribution in [0.1, 0.15) is 29.8 Å². The molecule has 0 bridgehead atoms. The number of hydrazone groups is 1. The predicted molar refractivity (Wildman–Crippen MR) is 88.3 cm³/mol. The van der Waals surface area contributed by atoms with Crippen LogP contribution < -0.4 is 10.2 Å². The summed E-state index contributed by atoms with van der Waals surface area (Å²) in [5, 5.41) is 4.14. The zero-order valence-corrected chi connectivity index (χ0v) is 12.9. The normalized spacial score (nSPS) is 11.1. The molecule has 4 heteroatoms. The summed E-state index contributed by atoms with van der Waals surface area (Å²) >= 11 is 0. The van der Waals surface area contributed by atoms with E-state index in [0.717, 1.165) is 11.5 Å². The van der Waals surface area contributed by atoms with Crippen LogP contribution >= 0.6 is 0 Å². The van der Waals surface area contributed by atoms with Gasteiger partial charge in [-0.3, -0.25) is 4.79 Å². The Kier molecular flexibility index (Phi) is 5.72. The van der Waals surface area contributed by atoms with Crippen molar-refractivity contribution in [3.8, 4) is 5.75 Å². The molecule has 0 fully saturated rings. The van der Waals surface area contributed by atoms with Crippen LogP contribution in [-0.4, -0.2) is 18.2 Å². The summed E-state index contributed by atoms with van der Waals surface area (Å²) < 4.78 is 5.35. The molecule has 0 aliphatic heterocycles. The highest BCUT2D eigenvalue weighted by molar-refractivity contribution is 5.95. The lowest BCUT2D eigenvalue weighted by molar-refractivity contribution is 0.0954. The summed E-state index contributed by atoms with van der Waals surface area (Å²) in [5.41, 5.74) is 5.15. The minimum absolute atomic E-state index is 0.226. The first kappa shape index (κ1) is 15.8. The van der Waals surface area contributed by atoms with Gasteiger partial charge >= 0.3 is 0 Å². The van der Waals surface area contributed by atoms with Gasteiger partial charge in [0.15, 0.2) is 0 Å². The number of nitrogens with zero attached hydrogens (tertiary/aromatic N) is 1. The van der Waals surface area contributed by atoms with Crippen molar-refractivity contribution in [2.24, 2.45) is 5.10 Å². The highest BCUT2D eigenvalue weighted by Gasteiger charge is 2.05. The first-order valence-corrected chi connectivity index (χ1v) is 7.29. The number of benzene rings is 2. The largest absolute Gasteiger partial charge is 0.494 e. The summed E-state index contributed by atoms with van der Waals surface area (Å²) in [6.07, 6.45) is 0.713.